The molecule has 0 aliphatic rings. The van der Waals surface area contributed by atoms with Crippen LogP contribution in [0.5, 0.6) is 5.75 Å². The summed E-state index contributed by atoms with van der Waals surface area (Å²) >= 11 is 0. The van der Waals surface area contributed by atoms with Crippen LogP contribution in [0.4, 0.5) is 13.2 Å². The minimum atomic E-state index is -5.03. The predicted octanol–water partition coefficient (Wildman–Crippen LogP) is 2.92. The highest BCUT2D eigenvalue weighted by atomic mass is 19.4. The number of amides is 1. The minimum Gasteiger partial charge on any atom is -0.484 e. The van der Waals surface area contributed by atoms with Crippen molar-refractivity contribution in [1.29, 1.82) is 0 Å². The van der Waals surface area contributed by atoms with Crippen LogP contribution in [0.1, 0.15) is 5.56 Å². The lowest BCUT2D eigenvalue weighted by molar-refractivity contribution is -0.173. The zero-order chi connectivity index (χ0) is 18.3. The number of carbonyl (C=O) groups excluding carboxylic acids is 2. The third kappa shape index (κ3) is 5.95. The summed E-state index contributed by atoms with van der Waals surface area (Å²) in [5, 5.41) is 2.11. The number of nitrogens with one attached hydrogen (secondary N) is 1. The van der Waals surface area contributed by atoms with Crippen LogP contribution >= 0.6 is 0 Å². The second-order valence-electron chi connectivity index (χ2n) is 5.27. The van der Waals surface area contributed by atoms with Gasteiger partial charge in [-0.1, -0.05) is 48.5 Å². The molecule has 0 unspecified atom stereocenters. The lowest BCUT2D eigenvalue weighted by Crippen LogP contribution is -2.49. The molecule has 1 N–H and O–H groups in total. The van der Waals surface area contributed by atoms with E-state index in [4.69, 9.17) is 4.74 Å². The summed E-state index contributed by atoms with van der Waals surface area (Å²) in [6, 6.07) is 14.8. The predicted molar refractivity (Wildman–Crippen MR) is 85.1 cm³/mol. The Labute approximate surface area is 142 Å². The maximum absolute atomic E-state index is 12.8. The summed E-state index contributed by atoms with van der Waals surface area (Å²) in [6.07, 6.45) is -5.29. The Kier molecular flexibility index (Phi) is 6.16. The number of benzene rings is 2. The molecule has 0 aliphatic carbocycles. The van der Waals surface area contributed by atoms with E-state index in [1.807, 2.05) is 0 Å². The summed E-state index contributed by atoms with van der Waals surface area (Å²) in [5.41, 5.74) is 0.509. The lowest BCUT2D eigenvalue weighted by atomic mass is 10.0. The number of rotatable bonds is 7. The number of alkyl halides is 3. The highest BCUT2D eigenvalue weighted by Gasteiger charge is 2.43. The Hall–Kier alpha value is -2.83. The van der Waals surface area contributed by atoms with Crippen LogP contribution in [0.3, 0.4) is 0 Å². The molecule has 2 aromatic rings. The van der Waals surface area contributed by atoms with Crippen molar-refractivity contribution in [2.24, 2.45) is 0 Å². The molecule has 0 fully saturated rings. The van der Waals surface area contributed by atoms with E-state index in [9.17, 15) is 22.8 Å². The maximum atomic E-state index is 12.8. The molecular formula is C18H16F3NO3. The smallest absolute Gasteiger partial charge is 0.452 e. The van der Waals surface area contributed by atoms with Gasteiger partial charge in [-0.25, -0.2) is 0 Å². The van der Waals surface area contributed by atoms with E-state index in [0.717, 1.165) is 0 Å². The van der Waals surface area contributed by atoms with Crippen LogP contribution in [-0.4, -0.2) is 30.5 Å². The average molecular weight is 351 g/mol. The van der Waals surface area contributed by atoms with Crippen LogP contribution < -0.4 is 10.1 Å². The van der Waals surface area contributed by atoms with Crippen LogP contribution in [0, 0.1) is 0 Å². The number of halogens is 3. The summed E-state index contributed by atoms with van der Waals surface area (Å²) in [6.45, 7) is -0.486. The zero-order valence-corrected chi connectivity index (χ0v) is 13.1. The van der Waals surface area contributed by atoms with Crippen molar-refractivity contribution in [2.45, 2.75) is 18.6 Å². The van der Waals surface area contributed by atoms with Gasteiger partial charge in [0, 0.05) is 6.42 Å². The van der Waals surface area contributed by atoms with Gasteiger partial charge in [-0.15, -0.1) is 0 Å². The van der Waals surface area contributed by atoms with E-state index in [1.165, 1.54) is 0 Å². The number of para-hydroxylation sites is 1. The van der Waals surface area contributed by atoms with E-state index in [1.54, 1.807) is 60.7 Å². The van der Waals surface area contributed by atoms with Crippen molar-refractivity contribution in [3.63, 3.8) is 0 Å². The molecule has 1 amide bonds. The van der Waals surface area contributed by atoms with Crippen molar-refractivity contribution in [2.75, 3.05) is 6.61 Å². The first-order valence-electron chi connectivity index (χ1n) is 7.48. The number of carbonyl (C=O) groups is 2. The normalized spacial score (nSPS) is 12.3. The topological polar surface area (TPSA) is 55.4 Å². The van der Waals surface area contributed by atoms with Crippen LogP contribution in [0.15, 0.2) is 60.7 Å². The Bertz CT molecular complexity index is 703. The molecule has 0 aromatic heterocycles. The fourth-order valence-electron chi connectivity index (χ4n) is 2.16. The van der Waals surface area contributed by atoms with Crippen molar-refractivity contribution in [3.05, 3.63) is 66.2 Å². The summed E-state index contributed by atoms with van der Waals surface area (Å²) in [4.78, 5) is 23.5. The molecule has 2 aromatic carbocycles. The first kappa shape index (κ1) is 18.5. The van der Waals surface area contributed by atoms with Gasteiger partial charge in [0.2, 0.25) is 0 Å². The fourth-order valence-corrected chi connectivity index (χ4v) is 2.16. The highest BCUT2D eigenvalue weighted by molar-refractivity contribution is 5.93. The highest BCUT2D eigenvalue weighted by Crippen LogP contribution is 2.20. The van der Waals surface area contributed by atoms with Crippen molar-refractivity contribution in [3.8, 4) is 5.75 Å². The molecular weight excluding hydrogens is 335 g/mol. The molecule has 1 atom stereocenters. The molecule has 0 saturated carbocycles. The first-order chi connectivity index (χ1) is 11.9. The van der Waals surface area contributed by atoms with Crippen LogP contribution in [-0.2, 0) is 16.0 Å². The Balaban J connectivity index is 2.02. The zero-order valence-electron chi connectivity index (χ0n) is 13.1. The second-order valence-corrected chi connectivity index (χ2v) is 5.27. The largest absolute Gasteiger partial charge is 0.484 e. The Morgan fingerprint density at radius 2 is 1.52 bits per heavy atom. The molecule has 0 aliphatic heterocycles. The van der Waals surface area contributed by atoms with Gasteiger partial charge in [0.15, 0.2) is 6.61 Å². The monoisotopic (exact) mass is 351 g/mol. The maximum Gasteiger partial charge on any atom is 0.452 e. The average Bonchev–Trinajstić information content (AvgIpc) is 2.60. The van der Waals surface area contributed by atoms with Gasteiger partial charge in [0.1, 0.15) is 11.8 Å². The molecule has 4 nitrogen and oxygen atoms in total. The van der Waals surface area contributed by atoms with Crippen molar-refractivity contribution >= 4 is 11.7 Å². The molecule has 7 heteroatoms. The van der Waals surface area contributed by atoms with E-state index >= 15 is 0 Å². The van der Waals surface area contributed by atoms with Gasteiger partial charge in [0.05, 0.1) is 0 Å². The molecule has 0 bridgehead atoms. The molecule has 0 spiro atoms. The van der Waals surface area contributed by atoms with Gasteiger partial charge < -0.3 is 10.1 Å². The second kappa shape index (κ2) is 8.32. The van der Waals surface area contributed by atoms with E-state index in [-0.39, 0.29) is 6.42 Å². The number of Topliss-reactive ketones (excluding diaryl/α,β-unsaturated/α-hetero) is 1. The standard InChI is InChI=1S/C18H16F3NO3/c19-18(20,21)17(24)15(11-13-7-3-1-4-8-13)22-16(23)12-25-14-9-5-2-6-10-14/h1-10,15H,11-12H2,(H,22,23)/t15-/m1/s1. The quantitative estimate of drug-likeness (QED) is 0.835. The van der Waals surface area contributed by atoms with Gasteiger partial charge in [-0.3, -0.25) is 9.59 Å². The fraction of sp³-hybridized carbons (Fsp3) is 0.222. The molecule has 132 valence electrons. The van der Waals surface area contributed by atoms with Crippen LogP contribution in [0.2, 0.25) is 0 Å². The minimum absolute atomic E-state index is 0.254. The summed E-state index contributed by atoms with van der Waals surface area (Å²) in [7, 11) is 0. The number of hydrogen-bond donors (Lipinski definition) is 1. The molecule has 25 heavy (non-hydrogen) atoms. The van der Waals surface area contributed by atoms with E-state index < -0.39 is 30.5 Å². The SMILES string of the molecule is O=C(COc1ccccc1)N[C@H](Cc1ccccc1)C(=O)C(F)(F)F. The van der Waals surface area contributed by atoms with E-state index in [2.05, 4.69) is 5.32 Å². The van der Waals surface area contributed by atoms with Gasteiger partial charge in [-0.2, -0.15) is 13.2 Å². The first-order valence-corrected chi connectivity index (χ1v) is 7.48. The van der Waals surface area contributed by atoms with E-state index in [0.29, 0.717) is 11.3 Å². The third-order valence-electron chi connectivity index (χ3n) is 3.33. The number of ether oxygens (including phenoxy) is 1. The Morgan fingerprint density at radius 1 is 0.960 bits per heavy atom. The number of hydrogen-bond acceptors (Lipinski definition) is 3. The van der Waals surface area contributed by atoms with Gasteiger partial charge in [0.25, 0.3) is 11.7 Å². The lowest BCUT2D eigenvalue weighted by Gasteiger charge is -2.19. The molecule has 0 radical (unpaired) electrons. The molecule has 0 saturated heterocycles. The van der Waals surface area contributed by atoms with Crippen molar-refractivity contribution in [1.82, 2.24) is 5.32 Å². The summed E-state index contributed by atoms with van der Waals surface area (Å²) in [5.74, 6) is -2.40. The Morgan fingerprint density at radius 3 is 2.08 bits per heavy atom. The molecule has 0 heterocycles. The van der Waals surface area contributed by atoms with Crippen molar-refractivity contribution < 1.29 is 27.5 Å². The third-order valence-corrected chi connectivity index (χ3v) is 3.33. The summed E-state index contributed by atoms with van der Waals surface area (Å²) < 4.78 is 43.5. The van der Waals surface area contributed by atoms with Gasteiger partial charge >= 0.3 is 6.18 Å². The molecule has 2 rings (SSSR count). The number of ketones is 1. The van der Waals surface area contributed by atoms with Crippen LogP contribution in [0.25, 0.3) is 0 Å². The van der Waals surface area contributed by atoms with Gasteiger partial charge in [-0.05, 0) is 17.7 Å².